The number of benzene rings is 2. The lowest BCUT2D eigenvalue weighted by Crippen LogP contribution is -2.22. The Labute approximate surface area is 154 Å². The molecule has 2 aromatic rings. The minimum atomic E-state index is -0.162. The fourth-order valence-corrected chi connectivity index (χ4v) is 2.27. The summed E-state index contributed by atoms with van der Waals surface area (Å²) in [4.78, 5) is 12.2. The Balaban J connectivity index is 1.91. The lowest BCUT2D eigenvalue weighted by atomic mass is 10.2. The first-order chi connectivity index (χ1) is 12.5. The topological polar surface area (TPSA) is 68.8 Å². The van der Waals surface area contributed by atoms with Gasteiger partial charge in [-0.1, -0.05) is 6.92 Å². The van der Waals surface area contributed by atoms with Crippen molar-refractivity contribution in [1.29, 1.82) is 0 Å². The number of rotatable bonds is 9. The monoisotopic (exact) mass is 358 g/mol. The van der Waals surface area contributed by atoms with Gasteiger partial charge in [-0.25, -0.2) is 0 Å². The van der Waals surface area contributed by atoms with Crippen molar-refractivity contribution in [3.63, 3.8) is 0 Å². The number of hydrogen-bond donors (Lipinski definition) is 2. The van der Waals surface area contributed by atoms with Crippen molar-refractivity contribution < 1.29 is 19.0 Å². The highest BCUT2D eigenvalue weighted by Crippen LogP contribution is 2.28. The fraction of sp³-hybridized carbons (Fsp3) is 0.350. The summed E-state index contributed by atoms with van der Waals surface area (Å²) >= 11 is 0. The van der Waals surface area contributed by atoms with E-state index in [-0.39, 0.29) is 18.6 Å². The van der Waals surface area contributed by atoms with E-state index in [2.05, 4.69) is 17.6 Å². The Morgan fingerprint density at radius 2 is 1.73 bits per heavy atom. The van der Waals surface area contributed by atoms with Gasteiger partial charge in [0, 0.05) is 11.8 Å². The van der Waals surface area contributed by atoms with E-state index in [0.29, 0.717) is 22.9 Å². The van der Waals surface area contributed by atoms with Crippen LogP contribution in [-0.4, -0.2) is 32.8 Å². The number of anilines is 2. The highest BCUT2D eigenvalue weighted by atomic mass is 16.5. The predicted octanol–water partition coefficient (Wildman–Crippen LogP) is 3.93. The molecule has 0 bridgehead atoms. The minimum absolute atomic E-state index is 0.106. The van der Waals surface area contributed by atoms with E-state index in [1.165, 1.54) is 0 Å². The summed E-state index contributed by atoms with van der Waals surface area (Å²) in [6.07, 6.45) is 1.11. The molecule has 6 nitrogen and oxygen atoms in total. The van der Waals surface area contributed by atoms with Crippen LogP contribution in [0.1, 0.15) is 20.3 Å². The summed E-state index contributed by atoms with van der Waals surface area (Å²) in [5.41, 5.74) is 1.41. The maximum Gasteiger partial charge on any atom is 0.243 e. The third-order valence-corrected chi connectivity index (χ3v) is 3.90. The Hall–Kier alpha value is -2.89. The Morgan fingerprint density at radius 3 is 2.35 bits per heavy atom. The average molecular weight is 358 g/mol. The van der Waals surface area contributed by atoms with Crippen LogP contribution in [0.4, 0.5) is 11.4 Å². The smallest absolute Gasteiger partial charge is 0.243 e. The van der Waals surface area contributed by atoms with Crippen LogP contribution in [0.15, 0.2) is 42.5 Å². The van der Waals surface area contributed by atoms with Crippen LogP contribution in [0.5, 0.6) is 17.2 Å². The summed E-state index contributed by atoms with van der Waals surface area (Å²) in [5.74, 6) is 1.96. The van der Waals surface area contributed by atoms with Crippen LogP contribution in [0.25, 0.3) is 0 Å². The molecule has 0 aromatic heterocycles. The van der Waals surface area contributed by atoms with Crippen molar-refractivity contribution in [3.05, 3.63) is 42.5 Å². The molecule has 0 heterocycles. The van der Waals surface area contributed by atoms with Crippen molar-refractivity contribution >= 4 is 17.3 Å². The Morgan fingerprint density at radius 1 is 1.04 bits per heavy atom. The van der Waals surface area contributed by atoms with Crippen LogP contribution < -0.4 is 24.8 Å². The van der Waals surface area contributed by atoms with Crippen molar-refractivity contribution in [2.75, 3.05) is 31.4 Å². The number of carbonyl (C=O) groups excluding carboxylic acids is 1. The molecule has 26 heavy (non-hydrogen) atoms. The molecule has 2 N–H and O–H groups in total. The molecule has 1 unspecified atom stereocenters. The van der Waals surface area contributed by atoms with E-state index in [9.17, 15) is 4.79 Å². The van der Waals surface area contributed by atoms with Gasteiger partial charge >= 0.3 is 0 Å². The van der Waals surface area contributed by atoms with Gasteiger partial charge in [-0.05, 0) is 49.7 Å². The molecule has 140 valence electrons. The molecule has 0 saturated carbocycles. The van der Waals surface area contributed by atoms with Gasteiger partial charge < -0.3 is 24.8 Å². The zero-order chi connectivity index (χ0) is 18.9. The van der Waals surface area contributed by atoms with Gasteiger partial charge in [-0.2, -0.15) is 0 Å². The van der Waals surface area contributed by atoms with Gasteiger partial charge in [-0.15, -0.1) is 0 Å². The Bertz CT molecular complexity index is 716. The second kappa shape index (κ2) is 9.56. The molecule has 0 fully saturated rings. The largest absolute Gasteiger partial charge is 0.497 e. The molecule has 2 rings (SSSR count). The van der Waals surface area contributed by atoms with Gasteiger partial charge in [-0.3, -0.25) is 4.79 Å². The van der Waals surface area contributed by atoms with Gasteiger partial charge in [0.15, 0.2) is 0 Å². The van der Waals surface area contributed by atoms with Gasteiger partial charge in [0.05, 0.1) is 32.6 Å². The van der Waals surface area contributed by atoms with Crippen LogP contribution in [0.2, 0.25) is 0 Å². The van der Waals surface area contributed by atoms with Crippen LogP contribution >= 0.6 is 0 Å². The quantitative estimate of drug-likeness (QED) is 0.711. The van der Waals surface area contributed by atoms with Crippen LogP contribution in [-0.2, 0) is 4.79 Å². The molecule has 1 atom stereocenters. The van der Waals surface area contributed by atoms with E-state index in [1.54, 1.807) is 32.4 Å². The molecule has 0 radical (unpaired) electrons. The highest BCUT2D eigenvalue weighted by molar-refractivity contribution is 5.94. The summed E-state index contributed by atoms with van der Waals surface area (Å²) in [6, 6.07) is 12.7. The normalized spacial score (nSPS) is 11.4. The Kier molecular flexibility index (Phi) is 7.14. The first-order valence-electron chi connectivity index (χ1n) is 8.58. The first kappa shape index (κ1) is 19.4. The van der Waals surface area contributed by atoms with Gasteiger partial charge in [0.25, 0.3) is 0 Å². The number of methoxy groups -OCH3 is 2. The summed E-state index contributed by atoms with van der Waals surface area (Å²) < 4.78 is 16.2. The number of nitrogens with one attached hydrogen (secondary N) is 2. The lowest BCUT2D eigenvalue weighted by Gasteiger charge is -2.14. The van der Waals surface area contributed by atoms with Gasteiger partial charge in [0.2, 0.25) is 5.91 Å². The summed E-state index contributed by atoms with van der Waals surface area (Å²) in [7, 11) is 3.17. The summed E-state index contributed by atoms with van der Waals surface area (Å²) in [6.45, 7) is 4.20. The molecule has 0 spiro atoms. The van der Waals surface area contributed by atoms with E-state index < -0.39 is 0 Å². The third-order valence-electron chi connectivity index (χ3n) is 3.90. The van der Waals surface area contributed by atoms with Crippen LogP contribution in [0.3, 0.4) is 0 Å². The van der Waals surface area contributed by atoms with Crippen molar-refractivity contribution in [2.45, 2.75) is 26.4 Å². The first-order valence-corrected chi connectivity index (χ1v) is 8.58. The molecule has 6 heteroatoms. The van der Waals surface area contributed by atoms with Crippen molar-refractivity contribution in [2.24, 2.45) is 0 Å². The molecule has 0 saturated heterocycles. The second-order valence-corrected chi connectivity index (χ2v) is 5.83. The van der Waals surface area contributed by atoms with E-state index in [1.807, 2.05) is 31.2 Å². The maximum absolute atomic E-state index is 12.2. The number of carbonyl (C=O) groups is 1. The molecule has 0 aliphatic carbocycles. The predicted molar refractivity (Wildman–Crippen MR) is 103 cm³/mol. The average Bonchev–Trinajstić information content (AvgIpc) is 2.67. The lowest BCUT2D eigenvalue weighted by molar-refractivity contribution is -0.114. The number of amides is 1. The number of ether oxygens (including phenoxy) is 3. The number of hydrogen-bond acceptors (Lipinski definition) is 5. The van der Waals surface area contributed by atoms with E-state index in [0.717, 1.165) is 12.2 Å². The van der Waals surface area contributed by atoms with Crippen LogP contribution in [0, 0.1) is 0 Å². The fourth-order valence-electron chi connectivity index (χ4n) is 2.27. The molecule has 0 aliphatic heterocycles. The van der Waals surface area contributed by atoms with Crippen molar-refractivity contribution in [1.82, 2.24) is 0 Å². The highest BCUT2D eigenvalue weighted by Gasteiger charge is 2.08. The zero-order valence-electron chi connectivity index (χ0n) is 15.7. The molecule has 2 aromatic carbocycles. The SMILES string of the molecule is CCC(C)Oc1ccc(NC(=O)CNc2cc(OC)ccc2OC)cc1. The van der Waals surface area contributed by atoms with Gasteiger partial charge in [0.1, 0.15) is 17.2 Å². The standard InChI is InChI=1S/C20H26N2O4/c1-5-14(2)26-16-8-6-15(7-9-16)22-20(23)13-21-18-12-17(24-3)10-11-19(18)25-4/h6-12,14,21H,5,13H2,1-4H3,(H,22,23). The van der Waals surface area contributed by atoms with E-state index in [4.69, 9.17) is 14.2 Å². The van der Waals surface area contributed by atoms with Crippen molar-refractivity contribution in [3.8, 4) is 17.2 Å². The zero-order valence-corrected chi connectivity index (χ0v) is 15.7. The summed E-state index contributed by atoms with van der Waals surface area (Å²) in [5, 5.41) is 5.91. The molecule has 0 aliphatic rings. The maximum atomic E-state index is 12.2. The molecular weight excluding hydrogens is 332 g/mol. The molecule has 1 amide bonds. The second-order valence-electron chi connectivity index (χ2n) is 5.83. The third kappa shape index (κ3) is 5.58. The van der Waals surface area contributed by atoms with E-state index >= 15 is 0 Å². The minimum Gasteiger partial charge on any atom is -0.497 e. The molecular formula is C20H26N2O4.